The summed E-state index contributed by atoms with van der Waals surface area (Å²) in [5, 5.41) is 9.15. The Morgan fingerprint density at radius 3 is 2.67 bits per heavy atom. The second-order valence-electron chi connectivity index (χ2n) is 5.63. The van der Waals surface area contributed by atoms with Crippen LogP contribution in [0.15, 0.2) is 0 Å². The molecule has 0 aromatic heterocycles. The number of carbonyl (C=O) groups is 3. The van der Waals surface area contributed by atoms with E-state index >= 15 is 0 Å². The van der Waals surface area contributed by atoms with Crippen LogP contribution in [0.4, 0.5) is 4.79 Å². The Kier molecular flexibility index (Phi) is 4.66. The van der Waals surface area contributed by atoms with Gasteiger partial charge in [-0.25, -0.2) is 4.79 Å². The van der Waals surface area contributed by atoms with Gasteiger partial charge >= 0.3 is 12.0 Å². The van der Waals surface area contributed by atoms with Gasteiger partial charge in [-0.2, -0.15) is 0 Å². The summed E-state index contributed by atoms with van der Waals surface area (Å²) < 4.78 is 5.18. The molecule has 3 N–H and O–H groups in total. The molecule has 21 heavy (non-hydrogen) atoms. The van der Waals surface area contributed by atoms with Gasteiger partial charge in [-0.1, -0.05) is 0 Å². The van der Waals surface area contributed by atoms with Crippen molar-refractivity contribution in [1.82, 2.24) is 9.80 Å². The van der Waals surface area contributed by atoms with Crippen LogP contribution >= 0.6 is 0 Å². The van der Waals surface area contributed by atoms with Crippen LogP contribution in [0, 0.1) is 11.8 Å². The van der Waals surface area contributed by atoms with Crippen LogP contribution in [0.1, 0.15) is 12.8 Å². The number of primary amides is 1. The first kappa shape index (κ1) is 15.6. The Balaban J connectivity index is 2.01. The number of nitrogens with two attached hydrogens (primary N) is 1. The number of carboxylic acids is 1. The average molecular weight is 299 g/mol. The van der Waals surface area contributed by atoms with Crippen LogP contribution < -0.4 is 5.73 Å². The molecule has 0 radical (unpaired) electrons. The van der Waals surface area contributed by atoms with E-state index in [1.165, 1.54) is 4.90 Å². The predicted octanol–water partition coefficient (Wildman–Crippen LogP) is -0.665. The lowest BCUT2D eigenvalue weighted by atomic mass is 9.97. The molecule has 0 spiro atoms. The van der Waals surface area contributed by atoms with Gasteiger partial charge in [0.2, 0.25) is 5.91 Å². The molecule has 3 unspecified atom stereocenters. The van der Waals surface area contributed by atoms with Gasteiger partial charge in [0.25, 0.3) is 0 Å². The van der Waals surface area contributed by atoms with Gasteiger partial charge in [0.1, 0.15) is 5.92 Å². The van der Waals surface area contributed by atoms with Crippen LogP contribution in [0.3, 0.4) is 0 Å². The molecule has 0 bridgehead atoms. The summed E-state index contributed by atoms with van der Waals surface area (Å²) in [6, 6.07) is -0.758. The van der Waals surface area contributed by atoms with E-state index in [4.69, 9.17) is 15.6 Å². The monoisotopic (exact) mass is 299 g/mol. The van der Waals surface area contributed by atoms with Crippen LogP contribution in [-0.4, -0.2) is 72.2 Å². The molecule has 0 saturated carbocycles. The van der Waals surface area contributed by atoms with E-state index in [0.29, 0.717) is 19.5 Å². The zero-order valence-electron chi connectivity index (χ0n) is 12.0. The zero-order valence-corrected chi connectivity index (χ0v) is 12.0. The highest BCUT2D eigenvalue weighted by Gasteiger charge is 2.40. The molecule has 3 amide bonds. The van der Waals surface area contributed by atoms with Gasteiger partial charge in [-0.15, -0.1) is 0 Å². The number of amides is 3. The summed E-state index contributed by atoms with van der Waals surface area (Å²) in [5.41, 5.74) is 5.30. The van der Waals surface area contributed by atoms with Gasteiger partial charge in [-0.05, 0) is 12.8 Å². The SMILES string of the molecule is CN(C(=O)N1CCCC(C(N)=O)C1)C1COCC1C(=O)O. The average Bonchev–Trinajstić information content (AvgIpc) is 2.95. The van der Waals surface area contributed by atoms with E-state index in [2.05, 4.69) is 0 Å². The summed E-state index contributed by atoms with van der Waals surface area (Å²) in [6.07, 6.45) is 1.41. The van der Waals surface area contributed by atoms with Crippen LogP contribution in [0.5, 0.6) is 0 Å². The second-order valence-corrected chi connectivity index (χ2v) is 5.63. The minimum Gasteiger partial charge on any atom is -0.481 e. The van der Waals surface area contributed by atoms with Crippen molar-refractivity contribution in [2.75, 3.05) is 33.4 Å². The van der Waals surface area contributed by atoms with Crippen molar-refractivity contribution in [3.05, 3.63) is 0 Å². The first-order valence-corrected chi connectivity index (χ1v) is 7.03. The molecule has 3 atom stereocenters. The number of urea groups is 1. The Hall–Kier alpha value is -1.83. The molecule has 0 aromatic carbocycles. The van der Waals surface area contributed by atoms with Crippen LogP contribution in [0.2, 0.25) is 0 Å². The fraction of sp³-hybridized carbons (Fsp3) is 0.769. The molecule has 2 aliphatic heterocycles. The van der Waals surface area contributed by atoms with Gasteiger partial charge < -0.3 is 25.4 Å². The van der Waals surface area contributed by atoms with Crippen LogP contribution in [-0.2, 0) is 14.3 Å². The number of aliphatic carboxylic acids is 1. The zero-order chi connectivity index (χ0) is 15.6. The maximum Gasteiger partial charge on any atom is 0.320 e. The molecule has 8 heteroatoms. The quantitative estimate of drug-likeness (QED) is 0.718. The normalized spacial score (nSPS) is 29.2. The number of carboxylic acid groups (broad SMARTS) is 1. The molecular formula is C13H21N3O5. The lowest BCUT2D eigenvalue weighted by Crippen LogP contribution is -2.53. The number of nitrogens with zero attached hydrogens (tertiary/aromatic N) is 2. The molecule has 8 nitrogen and oxygen atoms in total. The van der Waals surface area contributed by atoms with Gasteiger partial charge in [0.15, 0.2) is 0 Å². The summed E-state index contributed by atoms with van der Waals surface area (Å²) in [5.74, 6) is -2.41. The molecule has 2 rings (SSSR count). The first-order valence-electron chi connectivity index (χ1n) is 7.03. The molecule has 2 heterocycles. The number of likely N-dealkylation sites (tertiary alicyclic amines) is 1. The van der Waals surface area contributed by atoms with E-state index in [1.54, 1.807) is 11.9 Å². The Morgan fingerprint density at radius 2 is 2.05 bits per heavy atom. The highest BCUT2D eigenvalue weighted by Crippen LogP contribution is 2.22. The largest absolute Gasteiger partial charge is 0.481 e. The maximum atomic E-state index is 12.5. The molecule has 0 aliphatic carbocycles. The number of rotatable bonds is 3. The van der Waals surface area contributed by atoms with Crippen molar-refractivity contribution in [3.63, 3.8) is 0 Å². The highest BCUT2D eigenvalue weighted by atomic mass is 16.5. The topological polar surface area (TPSA) is 113 Å². The van der Waals surface area contributed by atoms with Crippen molar-refractivity contribution >= 4 is 17.9 Å². The van der Waals surface area contributed by atoms with Crippen LogP contribution in [0.25, 0.3) is 0 Å². The molecule has 2 saturated heterocycles. The smallest absolute Gasteiger partial charge is 0.320 e. The van der Waals surface area contributed by atoms with Gasteiger partial charge in [0.05, 0.1) is 25.2 Å². The van der Waals surface area contributed by atoms with Gasteiger partial charge in [-0.3, -0.25) is 9.59 Å². The lowest BCUT2D eigenvalue weighted by molar-refractivity contribution is -0.142. The van der Waals surface area contributed by atoms with E-state index < -0.39 is 23.8 Å². The Morgan fingerprint density at radius 1 is 1.33 bits per heavy atom. The summed E-state index contributed by atoms with van der Waals surface area (Å²) in [6.45, 7) is 1.18. The van der Waals surface area contributed by atoms with Gasteiger partial charge in [0, 0.05) is 20.1 Å². The maximum absolute atomic E-state index is 12.5. The molecule has 2 fully saturated rings. The molecule has 118 valence electrons. The van der Waals surface area contributed by atoms with E-state index in [1.807, 2.05) is 0 Å². The van der Waals surface area contributed by atoms with Crippen molar-refractivity contribution < 1.29 is 24.2 Å². The third-order valence-corrected chi connectivity index (χ3v) is 4.26. The molecule has 2 aliphatic rings. The molecule has 0 aromatic rings. The number of carbonyl (C=O) groups excluding carboxylic acids is 2. The summed E-state index contributed by atoms with van der Waals surface area (Å²) >= 11 is 0. The Labute approximate surface area is 122 Å². The lowest BCUT2D eigenvalue weighted by Gasteiger charge is -2.36. The minimum atomic E-state index is -0.967. The first-order chi connectivity index (χ1) is 9.91. The summed E-state index contributed by atoms with van der Waals surface area (Å²) in [7, 11) is 1.57. The van der Waals surface area contributed by atoms with Crippen molar-refractivity contribution in [2.24, 2.45) is 17.6 Å². The Bertz CT molecular complexity index is 442. The standard InChI is InChI=1S/C13H21N3O5/c1-15(10-7-21-6-9(10)12(18)19)13(20)16-4-2-3-8(5-16)11(14)17/h8-10H,2-7H2,1H3,(H2,14,17)(H,18,19). The number of hydrogen-bond acceptors (Lipinski definition) is 4. The number of ether oxygens (including phenoxy) is 1. The summed E-state index contributed by atoms with van der Waals surface area (Å²) in [4.78, 5) is 37.9. The molecular weight excluding hydrogens is 278 g/mol. The number of hydrogen-bond donors (Lipinski definition) is 2. The van der Waals surface area contributed by atoms with E-state index in [9.17, 15) is 14.4 Å². The number of piperidine rings is 1. The predicted molar refractivity (Wildman–Crippen MR) is 72.4 cm³/mol. The number of likely N-dealkylation sites (N-methyl/N-ethyl adjacent to an activating group) is 1. The van der Waals surface area contributed by atoms with Crippen molar-refractivity contribution in [2.45, 2.75) is 18.9 Å². The van der Waals surface area contributed by atoms with E-state index in [0.717, 1.165) is 6.42 Å². The minimum absolute atomic E-state index is 0.113. The third kappa shape index (κ3) is 3.26. The second kappa shape index (κ2) is 6.30. The van der Waals surface area contributed by atoms with Crippen molar-refractivity contribution in [3.8, 4) is 0 Å². The van der Waals surface area contributed by atoms with Crippen molar-refractivity contribution in [1.29, 1.82) is 0 Å². The third-order valence-electron chi connectivity index (χ3n) is 4.26. The highest BCUT2D eigenvalue weighted by molar-refractivity contribution is 5.80. The fourth-order valence-corrected chi connectivity index (χ4v) is 2.91. The fourth-order valence-electron chi connectivity index (χ4n) is 2.91. The van der Waals surface area contributed by atoms with E-state index in [-0.39, 0.29) is 25.2 Å².